The SMILES string of the molecule is CCOC1CC(NC(C)CCCC(C)C)C12CCCC2. The van der Waals surface area contributed by atoms with E-state index in [1.54, 1.807) is 0 Å². The number of ether oxygens (including phenoxy) is 1. The van der Waals surface area contributed by atoms with E-state index in [0.29, 0.717) is 17.6 Å². The molecule has 2 aliphatic carbocycles. The molecule has 0 aromatic heterocycles. The second-order valence-electron chi connectivity index (χ2n) is 7.57. The second-order valence-corrected chi connectivity index (χ2v) is 7.57. The smallest absolute Gasteiger partial charge is 0.0661 e. The van der Waals surface area contributed by atoms with E-state index in [-0.39, 0.29) is 0 Å². The first-order chi connectivity index (χ1) is 9.58. The van der Waals surface area contributed by atoms with Crippen molar-refractivity contribution in [3.63, 3.8) is 0 Å². The molecule has 2 rings (SSSR count). The Balaban J connectivity index is 1.78. The predicted molar refractivity (Wildman–Crippen MR) is 86.0 cm³/mol. The van der Waals surface area contributed by atoms with Gasteiger partial charge in [-0.3, -0.25) is 0 Å². The summed E-state index contributed by atoms with van der Waals surface area (Å²) in [6.45, 7) is 10.0. The first-order valence-corrected chi connectivity index (χ1v) is 8.96. The largest absolute Gasteiger partial charge is 0.378 e. The molecule has 2 fully saturated rings. The topological polar surface area (TPSA) is 21.3 Å². The van der Waals surface area contributed by atoms with Crippen molar-refractivity contribution >= 4 is 0 Å². The Kier molecular flexibility index (Phi) is 5.92. The van der Waals surface area contributed by atoms with Gasteiger partial charge in [0.15, 0.2) is 0 Å². The number of nitrogens with one attached hydrogen (secondary N) is 1. The van der Waals surface area contributed by atoms with Crippen LogP contribution in [0.5, 0.6) is 0 Å². The molecule has 2 saturated carbocycles. The van der Waals surface area contributed by atoms with E-state index in [0.717, 1.165) is 18.6 Å². The molecule has 0 aliphatic heterocycles. The van der Waals surface area contributed by atoms with Gasteiger partial charge >= 0.3 is 0 Å². The van der Waals surface area contributed by atoms with Gasteiger partial charge in [-0.25, -0.2) is 0 Å². The summed E-state index contributed by atoms with van der Waals surface area (Å²) in [5.74, 6) is 0.842. The lowest BCUT2D eigenvalue weighted by Crippen LogP contribution is -2.64. The lowest BCUT2D eigenvalue weighted by atomic mass is 9.60. The highest BCUT2D eigenvalue weighted by molar-refractivity contribution is 5.10. The van der Waals surface area contributed by atoms with Crippen molar-refractivity contribution in [2.75, 3.05) is 6.61 Å². The highest BCUT2D eigenvalue weighted by Crippen LogP contribution is 2.54. The van der Waals surface area contributed by atoms with Gasteiger partial charge in [-0.05, 0) is 45.4 Å². The molecule has 2 heteroatoms. The lowest BCUT2D eigenvalue weighted by molar-refractivity contribution is -0.132. The van der Waals surface area contributed by atoms with Crippen LogP contribution in [-0.2, 0) is 4.74 Å². The average Bonchev–Trinajstić information content (AvgIpc) is 2.89. The van der Waals surface area contributed by atoms with Crippen LogP contribution in [0.1, 0.15) is 79.1 Å². The maximum atomic E-state index is 6.00. The first kappa shape index (κ1) is 16.3. The van der Waals surface area contributed by atoms with Crippen LogP contribution in [0.3, 0.4) is 0 Å². The molecule has 0 aromatic carbocycles. The van der Waals surface area contributed by atoms with E-state index >= 15 is 0 Å². The van der Waals surface area contributed by atoms with Gasteiger partial charge in [-0.1, -0.05) is 39.5 Å². The monoisotopic (exact) mass is 281 g/mol. The van der Waals surface area contributed by atoms with E-state index in [1.807, 2.05) is 0 Å². The summed E-state index contributed by atoms with van der Waals surface area (Å²) in [6.07, 6.45) is 11.4. The highest BCUT2D eigenvalue weighted by Gasteiger charge is 2.56. The van der Waals surface area contributed by atoms with Gasteiger partial charge in [-0.15, -0.1) is 0 Å². The Hall–Kier alpha value is -0.0800. The third-order valence-electron chi connectivity index (χ3n) is 5.59. The van der Waals surface area contributed by atoms with Gasteiger partial charge in [0.05, 0.1) is 6.10 Å². The van der Waals surface area contributed by atoms with E-state index < -0.39 is 0 Å². The van der Waals surface area contributed by atoms with Crippen LogP contribution >= 0.6 is 0 Å². The molecule has 0 heterocycles. The first-order valence-electron chi connectivity index (χ1n) is 8.96. The minimum atomic E-state index is 0.488. The van der Waals surface area contributed by atoms with E-state index in [9.17, 15) is 0 Å². The zero-order valence-electron chi connectivity index (χ0n) is 14.1. The molecule has 2 aliphatic rings. The third-order valence-corrected chi connectivity index (χ3v) is 5.59. The third kappa shape index (κ3) is 3.57. The molecule has 0 aromatic rings. The van der Waals surface area contributed by atoms with Gasteiger partial charge < -0.3 is 10.1 Å². The summed E-state index contributed by atoms with van der Waals surface area (Å²) in [6, 6.07) is 1.38. The van der Waals surface area contributed by atoms with Gasteiger partial charge in [0, 0.05) is 24.1 Å². The molecule has 0 radical (unpaired) electrons. The predicted octanol–water partition coefficient (Wildman–Crippen LogP) is 4.53. The average molecular weight is 281 g/mol. The van der Waals surface area contributed by atoms with Crippen molar-refractivity contribution < 1.29 is 4.74 Å². The van der Waals surface area contributed by atoms with Crippen LogP contribution in [0.4, 0.5) is 0 Å². The molecule has 1 spiro atoms. The minimum absolute atomic E-state index is 0.488. The maximum Gasteiger partial charge on any atom is 0.0661 e. The van der Waals surface area contributed by atoms with Crippen LogP contribution in [-0.4, -0.2) is 24.8 Å². The summed E-state index contributed by atoms with van der Waals surface area (Å²) >= 11 is 0. The van der Waals surface area contributed by atoms with Crippen molar-refractivity contribution in [3.05, 3.63) is 0 Å². The molecule has 3 atom stereocenters. The fraction of sp³-hybridized carbons (Fsp3) is 1.00. The molecular formula is C18H35NO. The normalized spacial score (nSPS) is 29.9. The van der Waals surface area contributed by atoms with Gasteiger partial charge in [0.25, 0.3) is 0 Å². The van der Waals surface area contributed by atoms with E-state index in [2.05, 4.69) is 33.0 Å². The molecule has 1 N–H and O–H groups in total. The standard InChI is InChI=1S/C18H35NO/c1-5-20-17-13-16(18(17)11-6-7-12-18)19-15(4)10-8-9-14(2)3/h14-17,19H,5-13H2,1-4H3. The van der Waals surface area contributed by atoms with Gasteiger partial charge in [-0.2, -0.15) is 0 Å². The summed E-state index contributed by atoms with van der Waals surface area (Å²) in [4.78, 5) is 0. The molecule has 20 heavy (non-hydrogen) atoms. The molecule has 2 nitrogen and oxygen atoms in total. The summed E-state index contributed by atoms with van der Waals surface area (Å²) < 4.78 is 6.00. The van der Waals surface area contributed by atoms with Crippen molar-refractivity contribution in [1.29, 1.82) is 0 Å². The molecule has 3 unspecified atom stereocenters. The van der Waals surface area contributed by atoms with Crippen LogP contribution in [0, 0.1) is 11.3 Å². The number of hydrogen-bond acceptors (Lipinski definition) is 2. The van der Waals surface area contributed by atoms with Crippen molar-refractivity contribution in [2.45, 2.75) is 97.2 Å². The highest BCUT2D eigenvalue weighted by atomic mass is 16.5. The van der Waals surface area contributed by atoms with Crippen LogP contribution in [0.25, 0.3) is 0 Å². The van der Waals surface area contributed by atoms with Gasteiger partial charge in [0.2, 0.25) is 0 Å². The Labute approximate surface area is 126 Å². The second kappa shape index (κ2) is 7.26. The maximum absolute atomic E-state index is 6.00. The zero-order valence-corrected chi connectivity index (χ0v) is 14.1. The molecule has 0 bridgehead atoms. The Morgan fingerprint density at radius 3 is 2.45 bits per heavy atom. The summed E-state index contributed by atoms with van der Waals surface area (Å²) in [7, 11) is 0. The molecule has 0 saturated heterocycles. The fourth-order valence-corrected chi connectivity index (χ4v) is 4.38. The molecular weight excluding hydrogens is 246 g/mol. The number of rotatable bonds is 8. The van der Waals surface area contributed by atoms with Crippen molar-refractivity contribution in [1.82, 2.24) is 5.32 Å². The minimum Gasteiger partial charge on any atom is -0.378 e. The Bertz CT molecular complexity index is 283. The van der Waals surface area contributed by atoms with Gasteiger partial charge in [0.1, 0.15) is 0 Å². The van der Waals surface area contributed by atoms with E-state index in [1.165, 1.54) is 51.4 Å². The Morgan fingerprint density at radius 2 is 1.85 bits per heavy atom. The molecule has 118 valence electrons. The summed E-state index contributed by atoms with van der Waals surface area (Å²) in [5.41, 5.74) is 0.488. The van der Waals surface area contributed by atoms with E-state index in [4.69, 9.17) is 4.74 Å². The van der Waals surface area contributed by atoms with Crippen LogP contribution in [0.2, 0.25) is 0 Å². The molecule has 0 amide bonds. The number of hydrogen-bond donors (Lipinski definition) is 1. The van der Waals surface area contributed by atoms with Crippen LogP contribution in [0.15, 0.2) is 0 Å². The van der Waals surface area contributed by atoms with Crippen molar-refractivity contribution in [2.24, 2.45) is 11.3 Å². The zero-order chi connectivity index (χ0) is 14.6. The Morgan fingerprint density at radius 1 is 1.15 bits per heavy atom. The lowest BCUT2D eigenvalue weighted by Gasteiger charge is -2.55. The fourth-order valence-electron chi connectivity index (χ4n) is 4.38. The summed E-state index contributed by atoms with van der Waals surface area (Å²) in [5, 5.41) is 3.93. The van der Waals surface area contributed by atoms with Crippen molar-refractivity contribution in [3.8, 4) is 0 Å². The quantitative estimate of drug-likeness (QED) is 0.706. The van der Waals surface area contributed by atoms with Crippen LogP contribution < -0.4 is 5.32 Å².